The van der Waals surface area contributed by atoms with Crippen LogP contribution in [-0.2, 0) is 4.79 Å². The van der Waals surface area contributed by atoms with Gasteiger partial charge in [-0.25, -0.2) is 0 Å². The Morgan fingerprint density at radius 1 is 1.33 bits per heavy atom. The van der Waals surface area contributed by atoms with Crippen molar-refractivity contribution in [2.45, 2.75) is 26.7 Å². The molecule has 1 rings (SSSR count). The van der Waals surface area contributed by atoms with Crippen LogP contribution in [0.4, 0.5) is 5.69 Å². The van der Waals surface area contributed by atoms with Crippen LogP contribution in [0, 0.1) is 5.92 Å². The number of carbonyl (C=O) groups excluding carboxylic acids is 1. The van der Waals surface area contributed by atoms with Gasteiger partial charge in [0.1, 0.15) is 12.4 Å². The zero-order chi connectivity index (χ0) is 13.4. The number of anilines is 1. The summed E-state index contributed by atoms with van der Waals surface area (Å²) in [5.41, 5.74) is 6.28. The standard InChI is InChI=1S/C14H22N2O2/c1-11(2)3-8-14(17)16-9-10-18-13-6-4-12(15)5-7-13/h4-7,11H,3,8-10,15H2,1-2H3,(H,16,17). The number of carbonyl (C=O) groups is 1. The van der Waals surface area contributed by atoms with Crippen LogP contribution in [0.2, 0.25) is 0 Å². The predicted molar refractivity (Wildman–Crippen MR) is 73.4 cm³/mol. The number of nitrogens with one attached hydrogen (secondary N) is 1. The molecule has 0 atom stereocenters. The van der Waals surface area contributed by atoms with Gasteiger partial charge in [-0.1, -0.05) is 13.8 Å². The molecule has 0 fully saturated rings. The molecule has 18 heavy (non-hydrogen) atoms. The van der Waals surface area contributed by atoms with E-state index in [1.807, 2.05) is 12.1 Å². The minimum absolute atomic E-state index is 0.0876. The second kappa shape index (κ2) is 7.58. The maximum Gasteiger partial charge on any atom is 0.220 e. The minimum atomic E-state index is 0.0876. The topological polar surface area (TPSA) is 64.3 Å². The quantitative estimate of drug-likeness (QED) is 0.576. The van der Waals surface area contributed by atoms with Crippen molar-refractivity contribution >= 4 is 11.6 Å². The van der Waals surface area contributed by atoms with Crippen molar-refractivity contribution in [3.05, 3.63) is 24.3 Å². The van der Waals surface area contributed by atoms with Crippen LogP contribution in [0.3, 0.4) is 0 Å². The van der Waals surface area contributed by atoms with Crippen LogP contribution >= 0.6 is 0 Å². The number of ether oxygens (including phenoxy) is 1. The molecule has 3 N–H and O–H groups in total. The van der Waals surface area contributed by atoms with Crippen LogP contribution in [0.5, 0.6) is 5.75 Å². The lowest BCUT2D eigenvalue weighted by Crippen LogP contribution is -2.28. The number of nitrogen functional groups attached to an aromatic ring is 1. The van der Waals surface area contributed by atoms with E-state index >= 15 is 0 Å². The van der Waals surface area contributed by atoms with Gasteiger partial charge in [-0.05, 0) is 36.6 Å². The highest BCUT2D eigenvalue weighted by molar-refractivity contribution is 5.75. The van der Waals surface area contributed by atoms with E-state index in [2.05, 4.69) is 19.2 Å². The summed E-state index contributed by atoms with van der Waals surface area (Å²) < 4.78 is 5.47. The molecule has 0 bridgehead atoms. The number of rotatable bonds is 7. The first-order chi connectivity index (χ1) is 8.58. The molecule has 4 nitrogen and oxygen atoms in total. The highest BCUT2D eigenvalue weighted by Crippen LogP contribution is 2.12. The summed E-state index contributed by atoms with van der Waals surface area (Å²) in [5.74, 6) is 1.41. The number of hydrogen-bond acceptors (Lipinski definition) is 3. The summed E-state index contributed by atoms with van der Waals surface area (Å²) in [4.78, 5) is 11.4. The number of amides is 1. The first-order valence-corrected chi connectivity index (χ1v) is 6.33. The molecule has 0 aliphatic carbocycles. The normalized spacial score (nSPS) is 10.4. The molecule has 0 unspecified atom stereocenters. The molecular formula is C14H22N2O2. The Hall–Kier alpha value is -1.71. The summed E-state index contributed by atoms with van der Waals surface area (Å²) in [6.45, 7) is 5.22. The molecule has 0 aromatic heterocycles. The van der Waals surface area contributed by atoms with Gasteiger partial charge in [0.25, 0.3) is 0 Å². The van der Waals surface area contributed by atoms with Crippen molar-refractivity contribution in [1.82, 2.24) is 5.32 Å². The summed E-state index contributed by atoms with van der Waals surface area (Å²) >= 11 is 0. The maximum atomic E-state index is 11.4. The molecule has 1 aromatic rings. The third kappa shape index (κ3) is 6.13. The van der Waals surface area contributed by atoms with Crippen LogP contribution in [0.25, 0.3) is 0 Å². The Morgan fingerprint density at radius 3 is 2.61 bits per heavy atom. The fourth-order valence-corrected chi connectivity index (χ4v) is 1.43. The van der Waals surface area contributed by atoms with E-state index in [1.165, 1.54) is 0 Å². The SMILES string of the molecule is CC(C)CCC(=O)NCCOc1ccc(N)cc1. The lowest BCUT2D eigenvalue weighted by atomic mass is 10.1. The van der Waals surface area contributed by atoms with Crippen molar-refractivity contribution in [2.24, 2.45) is 5.92 Å². The number of hydrogen-bond donors (Lipinski definition) is 2. The maximum absolute atomic E-state index is 11.4. The molecule has 0 saturated heterocycles. The monoisotopic (exact) mass is 250 g/mol. The van der Waals surface area contributed by atoms with E-state index in [1.54, 1.807) is 12.1 Å². The fourth-order valence-electron chi connectivity index (χ4n) is 1.43. The van der Waals surface area contributed by atoms with E-state index < -0.39 is 0 Å². The van der Waals surface area contributed by atoms with Gasteiger partial charge in [-0.2, -0.15) is 0 Å². The molecule has 1 aromatic carbocycles. The molecule has 0 heterocycles. The van der Waals surface area contributed by atoms with Gasteiger partial charge in [0, 0.05) is 12.1 Å². The third-order valence-corrected chi connectivity index (χ3v) is 2.52. The van der Waals surface area contributed by atoms with Gasteiger partial charge >= 0.3 is 0 Å². The molecule has 4 heteroatoms. The van der Waals surface area contributed by atoms with E-state index in [0.717, 1.165) is 12.2 Å². The Balaban J connectivity index is 2.11. The number of nitrogens with two attached hydrogens (primary N) is 1. The first-order valence-electron chi connectivity index (χ1n) is 6.33. The molecule has 0 aliphatic heterocycles. The largest absolute Gasteiger partial charge is 0.492 e. The predicted octanol–water partition coefficient (Wildman–Crippen LogP) is 2.20. The van der Waals surface area contributed by atoms with E-state index in [4.69, 9.17) is 10.5 Å². The van der Waals surface area contributed by atoms with Gasteiger partial charge in [0.15, 0.2) is 0 Å². The minimum Gasteiger partial charge on any atom is -0.492 e. The molecule has 0 aliphatic rings. The average molecular weight is 250 g/mol. The van der Waals surface area contributed by atoms with Crippen molar-refractivity contribution in [1.29, 1.82) is 0 Å². The Bertz CT molecular complexity index is 361. The van der Waals surface area contributed by atoms with Crippen molar-refractivity contribution in [3.63, 3.8) is 0 Å². The number of benzene rings is 1. The van der Waals surface area contributed by atoms with E-state index in [0.29, 0.717) is 31.2 Å². The van der Waals surface area contributed by atoms with E-state index in [9.17, 15) is 4.79 Å². The highest BCUT2D eigenvalue weighted by Gasteiger charge is 2.02. The second-order valence-corrected chi connectivity index (χ2v) is 4.70. The zero-order valence-corrected chi connectivity index (χ0v) is 11.1. The van der Waals surface area contributed by atoms with Gasteiger partial charge in [-0.3, -0.25) is 4.79 Å². The Kier molecular flexibility index (Phi) is 6.05. The van der Waals surface area contributed by atoms with Crippen LogP contribution < -0.4 is 15.8 Å². The third-order valence-electron chi connectivity index (χ3n) is 2.52. The molecular weight excluding hydrogens is 228 g/mol. The van der Waals surface area contributed by atoms with Crippen molar-refractivity contribution < 1.29 is 9.53 Å². The van der Waals surface area contributed by atoms with Crippen LogP contribution in [0.1, 0.15) is 26.7 Å². The molecule has 0 spiro atoms. The molecule has 1 amide bonds. The van der Waals surface area contributed by atoms with Crippen LogP contribution in [0.15, 0.2) is 24.3 Å². The second-order valence-electron chi connectivity index (χ2n) is 4.70. The molecule has 100 valence electrons. The summed E-state index contributed by atoms with van der Waals surface area (Å²) in [6, 6.07) is 7.21. The molecule has 0 radical (unpaired) electrons. The highest BCUT2D eigenvalue weighted by atomic mass is 16.5. The van der Waals surface area contributed by atoms with Gasteiger partial charge in [0.2, 0.25) is 5.91 Å². The summed E-state index contributed by atoms with van der Waals surface area (Å²) in [7, 11) is 0. The molecule has 0 saturated carbocycles. The van der Waals surface area contributed by atoms with Gasteiger partial charge in [0.05, 0.1) is 6.54 Å². The van der Waals surface area contributed by atoms with Gasteiger partial charge in [-0.15, -0.1) is 0 Å². The zero-order valence-electron chi connectivity index (χ0n) is 11.1. The Labute approximate surface area is 109 Å². The lowest BCUT2D eigenvalue weighted by molar-refractivity contribution is -0.121. The van der Waals surface area contributed by atoms with Crippen molar-refractivity contribution in [2.75, 3.05) is 18.9 Å². The van der Waals surface area contributed by atoms with Gasteiger partial charge < -0.3 is 15.8 Å². The average Bonchev–Trinajstić information content (AvgIpc) is 2.34. The van der Waals surface area contributed by atoms with Crippen LogP contribution in [-0.4, -0.2) is 19.1 Å². The summed E-state index contributed by atoms with van der Waals surface area (Å²) in [5, 5.41) is 2.83. The van der Waals surface area contributed by atoms with Crippen molar-refractivity contribution in [3.8, 4) is 5.75 Å². The smallest absolute Gasteiger partial charge is 0.220 e. The summed E-state index contributed by atoms with van der Waals surface area (Å²) in [6.07, 6.45) is 1.50. The van der Waals surface area contributed by atoms with E-state index in [-0.39, 0.29) is 5.91 Å². The fraction of sp³-hybridized carbons (Fsp3) is 0.500. The first kappa shape index (κ1) is 14.4. The lowest BCUT2D eigenvalue weighted by Gasteiger charge is -2.08. The Morgan fingerprint density at radius 2 is 2.00 bits per heavy atom.